The Labute approximate surface area is 138 Å². The van der Waals surface area contributed by atoms with Crippen molar-refractivity contribution >= 4 is 30.4 Å². The van der Waals surface area contributed by atoms with Crippen molar-refractivity contribution in [3.63, 3.8) is 0 Å². The normalized spacial score (nSPS) is 12.9. The first-order chi connectivity index (χ1) is 11.0. The van der Waals surface area contributed by atoms with Crippen LogP contribution in [0.4, 0.5) is 0 Å². The van der Waals surface area contributed by atoms with E-state index in [1.54, 1.807) is 0 Å². The van der Waals surface area contributed by atoms with Crippen LogP contribution in [0.5, 0.6) is 0 Å². The van der Waals surface area contributed by atoms with Gasteiger partial charge < -0.3 is 4.43 Å². The van der Waals surface area contributed by atoms with E-state index >= 15 is 0 Å². The Hall–Kier alpha value is -2.32. The minimum Gasteiger partial charge on any atom is -0.543 e. The summed E-state index contributed by atoms with van der Waals surface area (Å²) in [6, 6.07) is 23.6. The SMILES string of the molecule is C[Si](C)(C)OC(=C1c2cc3ccccc3cc21)c1ccccc1. The van der Waals surface area contributed by atoms with Crippen LogP contribution in [0.2, 0.25) is 19.6 Å². The first-order valence-corrected chi connectivity index (χ1v) is 11.5. The summed E-state index contributed by atoms with van der Waals surface area (Å²) < 4.78 is 6.48. The van der Waals surface area contributed by atoms with Crippen LogP contribution in [0.15, 0.2) is 66.7 Å². The lowest BCUT2D eigenvalue weighted by molar-refractivity contribution is 0.517. The molecule has 0 spiro atoms. The highest BCUT2D eigenvalue weighted by molar-refractivity contribution is 6.70. The van der Waals surface area contributed by atoms with Gasteiger partial charge in [-0.15, -0.1) is 0 Å². The van der Waals surface area contributed by atoms with Crippen LogP contribution in [0.1, 0.15) is 16.7 Å². The van der Waals surface area contributed by atoms with E-state index in [0.717, 1.165) is 5.76 Å². The number of hydrogen-bond donors (Lipinski definition) is 0. The van der Waals surface area contributed by atoms with Gasteiger partial charge in [0.25, 0.3) is 0 Å². The summed E-state index contributed by atoms with van der Waals surface area (Å²) in [7, 11) is -1.68. The highest BCUT2D eigenvalue weighted by Crippen LogP contribution is 2.49. The van der Waals surface area contributed by atoms with Crippen LogP contribution in [0.25, 0.3) is 22.1 Å². The summed E-state index contributed by atoms with van der Waals surface area (Å²) in [5.74, 6) is 1.05. The van der Waals surface area contributed by atoms with E-state index in [1.165, 1.54) is 33.0 Å². The highest BCUT2D eigenvalue weighted by Gasteiger charge is 2.33. The van der Waals surface area contributed by atoms with E-state index in [0.29, 0.717) is 0 Å². The van der Waals surface area contributed by atoms with E-state index in [-0.39, 0.29) is 0 Å². The van der Waals surface area contributed by atoms with E-state index in [1.807, 2.05) is 0 Å². The van der Waals surface area contributed by atoms with Gasteiger partial charge in [-0.05, 0) is 53.7 Å². The molecule has 114 valence electrons. The van der Waals surface area contributed by atoms with Gasteiger partial charge in [-0.1, -0.05) is 54.6 Å². The molecule has 0 heterocycles. The molecule has 0 saturated carbocycles. The molecule has 0 fully saturated rings. The number of benzene rings is 3. The summed E-state index contributed by atoms with van der Waals surface area (Å²) >= 11 is 0. The molecule has 23 heavy (non-hydrogen) atoms. The standard InChI is InChI=1S/C21H20OSi/c1-23(2,3)22-21(15-9-5-4-6-10-15)20-18-13-16-11-7-8-12-17(16)14-19(18)20/h4-14H,1-3H3. The quantitative estimate of drug-likeness (QED) is 0.337. The third kappa shape index (κ3) is 2.70. The molecule has 0 aliphatic heterocycles. The molecule has 0 amide bonds. The third-order valence-corrected chi connectivity index (χ3v) is 4.85. The lowest BCUT2D eigenvalue weighted by Crippen LogP contribution is -2.24. The monoisotopic (exact) mass is 316 g/mol. The predicted molar refractivity (Wildman–Crippen MR) is 101 cm³/mol. The van der Waals surface area contributed by atoms with E-state index in [9.17, 15) is 0 Å². The lowest BCUT2D eigenvalue weighted by atomic mass is 10.1. The first kappa shape index (κ1) is 14.3. The van der Waals surface area contributed by atoms with Crippen LogP contribution in [-0.4, -0.2) is 8.32 Å². The molecule has 0 N–H and O–H groups in total. The molecule has 3 aromatic carbocycles. The summed E-state index contributed by atoms with van der Waals surface area (Å²) in [5, 5.41) is 2.59. The summed E-state index contributed by atoms with van der Waals surface area (Å²) in [4.78, 5) is 0. The zero-order chi connectivity index (χ0) is 16.0. The van der Waals surface area contributed by atoms with Gasteiger partial charge >= 0.3 is 0 Å². The van der Waals surface area contributed by atoms with Crippen molar-refractivity contribution in [2.45, 2.75) is 19.6 Å². The largest absolute Gasteiger partial charge is 0.543 e. The van der Waals surface area contributed by atoms with Crippen LogP contribution in [-0.2, 0) is 4.43 Å². The Balaban J connectivity index is 1.88. The minimum absolute atomic E-state index is 1.05. The molecule has 0 atom stereocenters. The summed E-state index contributed by atoms with van der Waals surface area (Å²) in [6.45, 7) is 6.71. The smallest absolute Gasteiger partial charge is 0.242 e. The molecule has 0 unspecified atom stereocenters. The number of fused-ring (bicyclic) bond motifs is 2. The Morgan fingerprint density at radius 1 is 0.739 bits per heavy atom. The molecule has 0 bridgehead atoms. The molecule has 0 saturated heterocycles. The van der Waals surface area contributed by atoms with Gasteiger partial charge in [-0.2, -0.15) is 0 Å². The van der Waals surface area contributed by atoms with Crippen molar-refractivity contribution in [2.75, 3.05) is 0 Å². The molecule has 1 aliphatic carbocycles. The van der Waals surface area contributed by atoms with Crippen molar-refractivity contribution in [2.24, 2.45) is 0 Å². The van der Waals surface area contributed by atoms with Gasteiger partial charge in [-0.25, -0.2) is 0 Å². The van der Waals surface area contributed by atoms with Crippen LogP contribution in [0, 0.1) is 0 Å². The fourth-order valence-electron chi connectivity index (χ4n) is 3.00. The maximum Gasteiger partial charge on any atom is 0.242 e. The van der Waals surface area contributed by atoms with Crippen molar-refractivity contribution in [3.8, 4) is 0 Å². The Morgan fingerprint density at radius 2 is 1.26 bits per heavy atom. The van der Waals surface area contributed by atoms with Gasteiger partial charge in [0.05, 0.1) is 0 Å². The second kappa shape index (κ2) is 5.10. The molecule has 1 aliphatic rings. The fourth-order valence-corrected chi connectivity index (χ4v) is 3.83. The molecular weight excluding hydrogens is 296 g/mol. The Kier molecular flexibility index (Phi) is 3.17. The Bertz CT molecular complexity index is 873. The molecular formula is C21H20OSi. The summed E-state index contributed by atoms with van der Waals surface area (Å²) in [6.07, 6.45) is 0. The van der Waals surface area contributed by atoms with E-state index < -0.39 is 8.32 Å². The van der Waals surface area contributed by atoms with Crippen LogP contribution in [0.3, 0.4) is 0 Å². The summed E-state index contributed by atoms with van der Waals surface area (Å²) in [5.41, 5.74) is 5.13. The van der Waals surface area contributed by atoms with Crippen LogP contribution >= 0.6 is 0 Å². The van der Waals surface area contributed by atoms with Gasteiger partial charge in [0, 0.05) is 11.1 Å². The number of rotatable bonds is 3. The minimum atomic E-state index is -1.68. The molecule has 1 nitrogen and oxygen atoms in total. The molecule has 2 heteroatoms. The first-order valence-electron chi connectivity index (χ1n) is 8.05. The van der Waals surface area contributed by atoms with Crippen LogP contribution < -0.4 is 0 Å². The molecule has 0 radical (unpaired) electrons. The fraction of sp³-hybridized carbons (Fsp3) is 0.143. The average molecular weight is 316 g/mol. The van der Waals surface area contributed by atoms with E-state index in [2.05, 4.69) is 86.4 Å². The van der Waals surface area contributed by atoms with Gasteiger partial charge in [-0.3, -0.25) is 0 Å². The van der Waals surface area contributed by atoms with Gasteiger partial charge in [0.2, 0.25) is 8.32 Å². The van der Waals surface area contributed by atoms with Crippen molar-refractivity contribution in [3.05, 3.63) is 83.4 Å². The molecule has 4 rings (SSSR count). The highest BCUT2D eigenvalue weighted by atomic mass is 28.4. The molecule has 3 aromatic rings. The maximum absolute atomic E-state index is 6.48. The van der Waals surface area contributed by atoms with Crippen molar-refractivity contribution in [1.82, 2.24) is 0 Å². The van der Waals surface area contributed by atoms with Gasteiger partial charge in [0.15, 0.2) is 0 Å². The topological polar surface area (TPSA) is 9.23 Å². The van der Waals surface area contributed by atoms with Gasteiger partial charge in [0.1, 0.15) is 5.76 Å². The van der Waals surface area contributed by atoms with Crippen molar-refractivity contribution in [1.29, 1.82) is 0 Å². The average Bonchev–Trinajstić information content (AvgIpc) is 3.23. The lowest BCUT2D eigenvalue weighted by Gasteiger charge is -2.22. The maximum atomic E-state index is 6.48. The van der Waals surface area contributed by atoms with Crippen molar-refractivity contribution < 1.29 is 4.43 Å². The second-order valence-electron chi connectivity index (χ2n) is 7.03. The zero-order valence-electron chi connectivity index (χ0n) is 13.8. The Morgan fingerprint density at radius 3 is 1.78 bits per heavy atom. The second-order valence-corrected chi connectivity index (χ2v) is 11.5. The predicted octanol–water partition coefficient (Wildman–Crippen LogP) is 5.92. The van der Waals surface area contributed by atoms with E-state index in [4.69, 9.17) is 4.43 Å². The third-order valence-electron chi connectivity index (χ3n) is 4.03. The number of hydrogen-bond acceptors (Lipinski definition) is 1. The molecule has 0 aromatic heterocycles. The zero-order valence-corrected chi connectivity index (χ0v) is 14.8.